The minimum absolute atomic E-state index is 0.125. The minimum atomic E-state index is -0.125. The number of hydrogen-bond acceptors (Lipinski definition) is 4. The third kappa shape index (κ3) is 3.24. The summed E-state index contributed by atoms with van der Waals surface area (Å²) in [6.07, 6.45) is 18.6. The van der Waals surface area contributed by atoms with Crippen LogP contribution in [0.5, 0.6) is 0 Å². The van der Waals surface area contributed by atoms with Crippen molar-refractivity contribution in [3.8, 4) is 0 Å². The highest BCUT2D eigenvalue weighted by Crippen LogP contribution is 2.64. The van der Waals surface area contributed by atoms with E-state index in [4.69, 9.17) is 9.52 Å². The van der Waals surface area contributed by atoms with E-state index in [1.54, 1.807) is 18.1 Å². The minimum Gasteiger partial charge on any atom is -0.465 e. The Morgan fingerprint density at radius 3 is 2.80 bits per heavy atom. The molecule has 0 amide bonds. The van der Waals surface area contributed by atoms with Gasteiger partial charge in [0.05, 0.1) is 12.4 Å². The molecule has 0 saturated heterocycles. The Hall–Kier alpha value is -1.94. The molecule has 3 fully saturated rings. The maximum atomic E-state index is 10.2. The van der Waals surface area contributed by atoms with E-state index in [0.29, 0.717) is 11.3 Å². The van der Waals surface area contributed by atoms with Crippen LogP contribution in [0.15, 0.2) is 50.7 Å². The predicted molar refractivity (Wildman–Crippen MR) is 121 cm³/mol. The van der Waals surface area contributed by atoms with E-state index >= 15 is 0 Å². The fourth-order valence-corrected chi connectivity index (χ4v) is 7.26. The predicted octanol–water partition coefficient (Wildman–Crippen LogP) is 6.04. The molecule has 30 heavy (non-hydrogen) atoms. The van der Waals surface area contributed by atoms with Crippen molar-refractivity contribution >= 4 is 18.0 Å². The Bertz CT molecular complexity index is 896. The second kappa shape index (κ2) is 7.64. The van der Waals surface area contributed by atoms with E-state index in [1.807, 2.05) is 24.3 Å². The van der Waals surface area contributed by atoms with Crippen LogP contribution in [0.2, 0.25) is 0 Å². The number of aliphatic hydroxyl groups excluding tert-OH is 1. The Morgan fingerprint density at radius 1 is 1.13 bits per heavy atom. The maximum absolute atomic E-state index is 10.2. The van der Waals surface area contributed by atoms with Gasteiger partial charge in [0.25, 0.3) is 0 Å². The number of nitrogens with zero attached hydrogens (tertiary/aromatic N) is 2. The van der Waals surface area contributed by atoms with Crippen LogP contribution in [0, 0.1) is 28.6 Å². The van der Waals surface area contributed by atoms with Crippen molar-refractivity contribution in [2.45, 2.75) is 71.3 Å². The lowest BCUT2D eigenvalue weighted by atomic mass is 9.48. The van der Waals surface area contributed by atoms with E-state index < -0.39 is 0 Å². The van der Waals surface area contributed by atoms with Gasteiger partial charge in [-0.05, 0) is 98.8 Å². The number of allylic oxidation sites excluding steroid dienone is 2. The van der Waals surface area contributed by atoms with Crippen LogP contribution in [-0.4, -0.2) is 23.1 Å². The molecule has 1 aromatic heterocycles. The van der Waals surface area contributed by atoms with Gasteiger partial charge in [-0.2, -0.15) is 10.2 Å². The van der Waals surface area contributed by atoms with Gasteiger partial charge < -0.3 is 9.52 Å². The van der Waals surface area contributed by atoms with Gasteiger partial charge >= 0.3 is 0 Å². The number of furan rings is 1. The van der Waals surface area contributed by atoms with Crippen molar-refractivity contribution in [1.82, 2.24) is 0 Å². The zero-order valence-electron chi connectivity index (χ0n) is 18.3. The Kier molecular flexibility index (Phi) is 5.09. The lowest BCUT2D eigenvalue weighted by Crippen LogP contribution is -2.50. The monoisotopic (exact) mass is 406 g/mol. The van der Waals surface area contributed by atoms with Gasteiger partial charge in [0.15, 0.2) is 0 Å². The summed E-state index contributed by atoms with van der Waals surface area (Å²) >= 11 is 0. The topological polar surface area (TPSA) is 58.1 Å². The third-order valence-corrected chi connectivity index (χ3v) is 8.95. The molecule has 3 saturated carbocycles. The van der Waals surface area contributed by atoms with Crippen LogP contribution in [0.1, 0.15) is 71.0 Å². The first-order valence-corrected chi connectivity index (χ1v) is 11.7. The third-order valence-electron chi connectivity index (χ3n) is 8.95. The van der Waals surface area contributed by atoms with E-state index in [0.717, 1.165) is 43.3 Å². The number of aliphatic hydroxyl groups is 1. The summed E-state index contributed by atoms with van der Waals surface area (Å²) in [7, 11) is 0. The van der Waals surface area contributed by atoms with Gasteiger partial charge in [0.2, 0.25) is 0 Å². The molecule has 6 atom stereocenters. The van der Waals surface area contributed by atoms with E-state index in [1.165, 1.54) is 31.4 Å². The van der Waals surface area contributed by atoms with Gasteiger partial charge in [-0.1, -0.05) is 25.5 Å². The highest BCUT2D eigenvalue weighted by molar-refractivity contribution is 5.93. The highest BCUT2D eigenvalue weighted by Gasteiger charge is 2.57. The molecule has 1 N–H and O–H groups in total. The number of hydrogen-bond donors (Lipinski definition) is 1. The molecule has 0 aliphatic heterocycles. The van der Waals surface area contributed by atoms with Crippen LogP contribution in [0.3, 0.4) is 0 Å². The van der Waals surface area contributed by atoms with Crippen molar-refractivity contribution < 1.29 is 9.52 Å². The average molecular weight is 407 g/mol. The summed E-state index contributed by atoms with van der Waals surface area (Å²) < 4.78 is 5.30. The SMILES string of the molecule is C[C@]12CC[C@@H](O)CC1=CC[C@H]1[C@H]2CC[C@]2(C)\C(=N/N=C\C=C\c3ccco3)CC[C@@H]12. The highest BCUT2D eigenvalue weighted by atomic mass is 16.3. The number of fused-ring (bicyclic) bond motifs is 5. The first-order chi connectivity index (χ1) is 14.5. The standard InChI is InChI=1S/C26H34N2O2/c1-25-13-11-19(29)17-18(25)7-8-21-22-9-10-24(26(22,2)14-12-23(21)25)28-27-15-3-5-20-6-4-16-30-20/h3-7,15-16,19,21-23,29H,8-14,17H2,1-2H3/b5-3+,27-15-,28-24-/t19-,21-,22+,23-,25+,26+/m1/s1. The molecular weight excluding hydrogens is 372 g/mol. The fraction of sp³-hybridized carbons (Fsp3) is 0.615. The lowest BCUT2D eigenvalue weighted by molar-refractivity contribution is -0.0209. The molecule has 0 bridgehead atoms. The largest absolute Gasteiger partial charge is 0.465 e. The molecule has 0 unspecified atom stereocenters. The van der Waals surface area contributed by atoms with Crippen LogP contribution >= 0.6 is 0 Å². The van der Waals surface area contributed by atoms with Crippen LogP contribution in [0.4, 0.5) is 0 Å². The summed E-state index contributed by atoms with van der Waals surface area (Å²) in [4.78, 5) is 0. The summed E-state index contributed by atoms with van der Waals surface area (Å²) in [5.74, 6) is 3.06. The maximum Gasteiger partial charge on any atom is 0.126 e. The van der Waals surface area contributed by atoms with Gasteiger partial charge in [-0.15, -0.1) is 0 Å². The Labute approximate surface area is 179 Å². The Balaban J connectivity index is 1.33. The smallest absolute Gasteiger partial charge is 0.126 e. The molecule has 0 radical (unpaired) electrons. The molecule has 1 aromatic rings. The van der Waals surface area contributed by atoms with Gasteiger partial charge in [-0.3, -0.25) is 0 Å². The summed E-state index contributed by atoms with van der Waals surface area (Å²) in [6, 6.07) is 3.81. The van der Waals surface area contributed by atoms with Crippen molar-refractivity contribution in [2.24, 2.45) is 38.8 Å². The summed E-state index contributed by atoms with van der Waals surface area (Å²) in [6.45, 7) is 4.93. The molecule has 4 aliphatic rings. The Morgan fingerprint density at radius 2 is 1.97 bits per heavy atom. The number of rotatable bonds is 3. The lowest BCUT2D eigenvalue weighted by Gasteiger charge is -2.57. The van der Waals surface area contributed by atoms with Crippen LogP contribution in [0.25, 0.3) is 6.08 Å². The molecular formula is C26H34N2O2. The zero-order chi connectivity index (χ0) is 20.8. The molecule has 1 heterocycles. The quantitative estimate of drug-likeness (QED) is 0.378. The summed E-state index contributed by atoms with van der Waals surface area (Å²) in [5, 5.41) is 19.3. The van der Waals surface area contributed by atoms with Crippen LogP contribution < -0.4 is 0 Å². The molecule has 0 spiro atoms. The second-order valence-corrected chi connectivity index (χ2v) is 10.3. The van der Waals surface area contributed by atoms with Gasteiger partial charge in [-0.25, -0.2) is 0 Å². The van der Waals surface area contributed by atoms with Gasteiger partial charge in [0.1, 0.15) is 5.76 Å². The molecule has 160 valence electrons. The molecule has 5 rings (SSSR count). The van der Waals surface area contributed by atoms with E-state index in [9.17, 15) is 5.11 Å². The average Bonchev–Trinajstić information content (AvgIpc) is 3.36. The molecule has 0 aromatic carbocycles. The van der Waals surface area contributed by atoms with E-state index in [-0.39, 0.29) is 11.5 Å². The van der Waals surface area contributed by atoms with Crippen molar-refractivity contribution in [1.29, 1.82) is 0 Å². The van der Waals surface area contributed by atoms with Crippen molar-refractivity contribution in [2.75, 3.05) is 0 Å². The molecule has 4 heteroatoms. The second-order valence-electron chi connectivity index (χ2n) is 10.3. The zero-order valence-corrected chi connectivity index (χ0v) is 18.3. The van der Waals surface area contributed by atoms with Crippen molar-refractivity contribution in [3.05, 3.63) is 41.9 Å². The summed E-state index contributed by atoms with van der Waals surface area (Å²) in [5.41, 5.74) is 3.34. The molecule has 4 nitrogen and oxygen atoms in total. The fourth-order valence-electron chi connectivity index (χ4n) is 7.26. The van der Waals surface area contributed by atoms with Crippen molar-refractivity contribution in [3.63, 3.8) is 0 Å². The van der Waals surface area contributed by atoms with E-state index in [2.05, 4.69) is 25.0 Å². The molecule has 4 aliphatic carbocycles. The first kappa shape index (κ1) is 20.0. The normalized spacial score (nSPS) is 42.4. The first-order valence-electron chi connectivity index (χ1n) is 11.7. The van der Waals surface area contributed by atoms with Crippen LogP contribution in [-0.2, 0) is 0 Å². The van der Waals surface area contributed by atoms with Gasteiger partial charge in [0, 0.05) is 17.3 Å².